The van der Waals surface area contributed by atoms with Crippen LogP contribution >= 0.6 is 0 Å². The number of benzene rings is 1. The minimum absolute atomic E-state index is 0.116. The Kier molecular flexibility index (Phi) is 7.54. The number of aliphatic hydroxyl groups excluding tert-OH is 1. The molecule has 0 heterocycles. The van der Waals surface area contributed by atoms with Crippen LogP contribution in [0.25, 0.3) is 0 Å². The molecule has 4 nitrogen and oxygen atoms in total. The van der Waals surface area contributed by atoms with E-state index in [1.807, 2.05) is 24.3 Å². The Morgan fingerprint density at radius 3 is 2.19 bits per heavy atom. The summed E-state index contributed by atoms with van der Waals surface area (Å²) in [6.07, 6.45) is 2.62. The van der Waals surface area contributed by atoms with E-state index in [1.165, 1.54) is 0 Å². The van der Waals surface area contributed by atoms with E-state index >= 15 is 0 Å². The van der Waals surface area contributed by atoms with Gasteiger partial charge in [-0.3, -0.25) is 0 Å². The highest BCUT2D eigenvalue weighted by Gasteiger charge is 2.23. The van der Waals surface area contributed by atoms with Gasteiger partial charge in [-0.15, -0.1) is 0 Å². The molecule has 0 saturated carbocycles. The van der Waals surface area contributed by atoms with Gasteiger partial charge in [0, 0.05) is 12.1 Å². The quantitative estimate of drug-likeness (QED) is 0.697. The van der Waals surface area contributed by atoms with Crippen LogP contribution in [0.5, 0.6) is 11.5 Å². The van der Waals surface area contributed by atoms with Crippen molar-refractivity contribution in [2.24, 2.45) is 0 Å². The lowest BCUT2D eigenvalue weighted by atomic mass is 9.90. The maximum atomic E-state index is 10.1. The van der Waals surface area contributed by atoms with Gasteiger partial charge in [-0.05, 0) is 31.4 Å². The van der Waals surface area contributed by atoms with Crippen LogP contribution in [-0.2, 0) is 0 Å². The van der Waals surface area contributed by atoms with Gasteiger partial charge in [0.25, 0.3) is 0 Å². The van der Waals surface area contributed by atoms with E-state index in [0.29, 0.717) is 18.0 Å². The van der Waals surface area contributed by atoms with E-state index < -0.39 is 6.10 Å². The van der Waals surface area contributed by atoms with Crippen molar-refractivity contribution in [3.05, 3.63) is 24.3 Å². The Bertz CT molecular complexity index is 397. The van der Waals surface area contributed by atoms with Crippen molar-refractivity contribution in [1.82, 2.24) is 5.32 Å². The van der Waals surface area contributed by atoms with Crippen molar-refractivity contribution < 1.29 is 14.6 Å². The predicted octanol–water partition coefficient (Wildman–Crippen LogP) is 2.99. The number of nitrogens with one attached hydrogen (secondary N) is 1. The summed E-state index contributed by atoms with van der Waals surface area (Å²) >= 11 is 0. The van der Waals surface area contributed by atoms with Crippen molar-refractivity contribution in [3.8, 4) is 11.5 Å². The summed E-state index contributed by atoms with van der Waals surface area (Å²) in [5, 5.41) is 13.6. The topological polar surface area (TPSA) is 50.7 Å². The minimum atomic E-state index is -0.543. The van der Waals surface area contributed by atoms with Gasteiger partial charge in [0.1, 0.15) is 12.7 Å². The Morgan fingerprint density at radius 1 is 1.10 bits per heavy atom. The third-order valence-corrected chi connectivity index (χ3v) is 4.24. The van der Waals surface area contributed by atoms with Gasteiger partial charge in [-0.2, -0.15) is 0 Å². The number of methoxy groups -OCH3 is 1. The molecule has 1 aromatic rings. The number of hydrogen-bond acceptors (Lipinski definition) is 4. The largest absolute Gasteiger partial charge is 0.493 e. The Labute approximate surface area is 128 Å². The second-order valence-corrected chi connectivity index (χ2v) is 5.34. The van der Waals surface area contributed by atoms with Crippen LogP contribution in [-0.4, -0.2) is 37.0 Å². The molecule has 0 fully saturated rings. The van der Waals surface area contributed by atoms with Crippen LogP contribution in [0.4, 0.5) is 0 Å². The number of hydrogen-bond donors (Lipinski definition) is 2. The monoisotopic (exact) mass is 295 g/mol. The standard InChI is InChI=1S/C17H29NO3/c1-5-17(6-2,7-3)18-12-14(19)13-21-16-11-9-8-10-15(16)20-4/h8-11,14,18-19H,5-7,12-13H2,1-4H3. The fourth-order valence-corrected chi connectivity index (χ4v) is 2.44. The van der Waals surface area contributed by atoms with Crippen LogP contribution in [0.1, 0.15) is 40.0 Å². The molecular weight excluding hydrogens is 266 g/mol. The molecule has 0 radical (unpaired) electrons. The zero-order chi connectivity index (χ0) is 15.7. The molecule has 2 N–H and O–H groups in total. The smallest absolute Gasteiger partial charge is 0.161 e. The number of para-hydroxylation sites is 2. The van der Waals surface area contributed by atoms with Gasteiger partial charge in [0.05, 0.1) is 7.11 Å². The number of β-amino-alcohol motifs (C(OH)–C–C–N with tert-alkyl or cyclic N) is 1. The number of ether oxygens (including phenoxy) is 2. The highest BCUT2D eigenvalue weighted by Crippen LogP contribution is 2.25. The van der Waals surface area contributed by atoms with Crippen molar-refractivity contribution in [2.45, 2.75) is 51.7 Å². The normalized spacial score (nSPS) is 13.0. The van der Waals surface area contributed by atoms with E-state index in [4.69, 9.17) is 9.47 Å². The Morgan fingerprint density at radius 2 is 1.67 bits per heavy atom. The molecule has 1 aromatic carbocycles. The first kappa shape index (κ1) is 17.8. The van der Waals surface area contributed by atoms with Gasteiger partial charge in [-0.1, -0.05) is 32.9 Å². The van der Waals surface area contributed by atoms with Gasteiger partial charge in [0.15, 0.2) is 11.5 Å². The van der Waals surface area contributed by atoms with Gasteiger partial charge >= 0.3 is 0 Å². The van der Waals surface area contributed by atoms with E-state index in [9.17, 15) is 5.11 Å². The zero-order valence-electron chi connectivity index (χ0n) is 13.7. The van der Waals surface area contributed by atoms with E-state index in [0.717, 1.165) is 19.3 Å². The predicted molar refractivity (Wildman–Crippen MR) is 86.1 cm³/mol. The summed E-state index contributed by atoms with van der Waals surface area (Å²) in [6, 6.07) is 7.46. The van der Waals surface area contributed by atoms with Crippen molar-refractivity contribution in [2.75, 3.05) is 20.3 Å². The molecule has 1 rings (SSSR count). The minimum Gasteiger partial charge on any atom is -0.493 e. The molecule has 0 saturated heterocycles. The molecule has 0 aliphatic rings. The van der Waals surface area contributed by atoms with Crippen molar-refractivity contribution in [3.63, 3.8) is 0 Å². The van der Waals surface area contributed by atoms with Crippen LogP contribution in [0.15, 0.2) is 24.3 Å². The maximum absolute atomic E-state index is 10.1. The molecule has 1 atom stereocenters. The summed E-state index contributed by atoms with van der Waals surface area (Å²) in [7, 11) is 1.61. The zero-order valence-corrected chi connectivity index (χ0v) is 13.7. The van der Waals surface area contributed by atoms with E-state index in [1.54, 1.807) is 7.11 Å². The summed E-state index contributed by atoms with van der Waals surface area (Å²) < 4.78 is 10.9. The second-order valence-electron chi connectivity index (χ2n) is 5.34. The second kappa shape index (κ2) is 8.90. The number of aliphatic hydroxyl groups is 1. The fraction of sp³-hybridized carbons (Fsp3) is 0.647. The van der Waals surface area contributed by atoms with Gasteiger partial charge < -0.3 is 19.9 Å². The SMILES string of the molecule is CCC(CC)(CC)NCC(O)COc1ccccc1OC. The number of rotatable bonds is 10. The molecule has 4 heteroatoms. The lowest BCUT2D eigenvalue weighted by Gasteiger charge is -2.33. The molecule has 0 aromatic heterocycles. The molecular formula is C17H29NO3. The summed E-state index contributed by atoms with van der Waals surface area (Å²) in [5.74, 6) is 1.34. The van der Waals surface area contributed by atoms with Gasteiger partial charge in [-0.25, -0.2) is 0 Å². The lowest BCUT2D eigenvalue weighted by Crippen LogP contribution is -2.47. The summed E-state index contributed by atoms with van der Waals surface area (Å²) in [5.41, 5.74) is 0.116. The van der Waals surface area contributed by atoms with Crippen LogP contribution < -0.4 is 14.8 Å². The van der Waals surface area contributed by atoms with E-state index in [2.05, 4.69) is 26.1 Å². The van der Waals surface area contributed by atoms with Crippen molar-refractivity contribution >= 4 is 0 Å². The third-order valence-electron chi connectivity index (χ3n) is 4.24. The van der Waals surface area contributed by atoms with E-state index in [-0.39, 0.29) is 12.1 Å². The molecule has 0 amide bonds. The molecule has 0 bridgehead atoms. The summed E-state index contributed by atoms with van der Waals surface area (Å²) in [4.78, 5) is 0. The third kappa shape index (κ3) is 5.21. The molecule has 0 aliphatic carbocycles. The van der Waals surface area contributed by atoms with Crippen molar-refractivity contribution in [1.29, 1.82) is 0 Å². The van der Waals surface area contributed by atoms with Crippen LogP contribution in [0.2, 0.25) is 0 Å². The first-order valence-electron chi connectivity index (χ1n) is 7.79. The van der Waals surface area contributed by atoms with Gasteiger partial charge in [0.2, 0.25) is 0 Å². The fourth-order valence-electron chi connectivity index (χ4n) is 2.44. The molecule has 21 heavy (non-hydrogen) atoms. The van der Waals surface area contributed by atoms with Crippen LogP contribution in [0.3, 0.4) is 0 Å². The average molecular weight is 295 g/mol. The molecule has 120 valence electrons. The highest BCUT2D eigenvalue weighted by atomic mass is 16.5. The molecule has 0 spiro atoms. The molecule has 1 unspecified atom stereocenters. The maximum Gasteiger partial charge on any atom is 0.161 e. The van der Waals surface area contributed by atoms with Crippen LogP contribution in [0, 0.1) is 0 Å². The first-order valence-corrected chi connectivity index (χ1v) is 7.79. The Hall–Kier alpha value is -1.26. The first-order chi connectivity index (χ1) is 10.1. The highest BCUT2D eigenvalue weighted by molar-refractivity contribution is 5.39. The molecule has 0 aliphatic heterocycles. The Balaban J connectivity index is 2.45. The average Bonchev–Trinajstić information content (AvgIpc) is 2.55. The lowest BCUT2D eigenvalue weighted by molar-refractivity contribution is 0.0928. The summed E-state index contributed by atoms with van der Waals surface area (Å²) in [6.45, 7) is 7.32.